The predicted molar refractivity (Wildman–Crippen MR) is 89.2 cm³/mol. The average molecular weight is 309 g/mol. The molecule has 0 aliphatic carbocycles. The van der Waals surface area contributed by atoms with Crippen molar-refractivity contribution in [3.8, 4) is 11.8 Å². The second kappa shape index (κ2) is 6.63. The fourth-order valence-electron chi connectivity index (χ4n) is 2.38. The molecule has 1 fully saturated rings. The molecule has 0 unspecified atom stereocenters. The lowest BCUT2D eigenvalue weighted by molar-refractivity contribution is 0.122. The van der Waals surface area contributed by atoms with Gasteiger partial charge in [-0.25, -0.2) is 9.97 Å². The van der Waals surface area contributed by atoms with Gasteiger partial charge in [0.05, 0.1) is 35.9 Å². The number of morpholine rings is 1. The minimum atomic E-state index is 0.645. The zero-order valence-electron chi connectivity index (χ0n) is 13.3. The molecule has 0 amide bonds. The molecule has 0 aromatic carbocycles. The van der Waals surface area contributed by atoms with E-state index in [4.69, 9.17) is 10.5 Å². The highest BCUT2D eigenvalue weighted by molar-refractivity contribution is 5.60. The standard InChI is InChI=1S/C17H19N5O/c1-12-15(4-3-14-9-16(18)13(2)19-10-14)17(21-11-20-12)22-5-7-23-8-6-22/h9-11H,5-8,18H2,1-2H3. The number of anilines is 2. The molecular formula is C17H19N5O. The van der Waals surface area contributed by atoms with E-state index < -0.39 is 0 Å². The number of nitrogens with two attached hydrogens (primary N) is 1. The minimum Gasteiger partial charge on any atom is -0.397 e. The normalized spacial score (nSPS) is 14.3. The number of hydrogen-bond donors (Lipinski definition) is 1. The Hall–Kier alpha value is -2.65. The molecular weight excluding hydrogens is 290 g/mol. The molecule has 1 saturated heterocycles. The van der Waals surface area contributed by atoms with Crippen LogP contribution in [0.3, 0.4) is 0 Å². The van der Waals surface area contributed by atoms with Gasteiger partial charge in [0.1, 0.15) is 12.1 Å². The van der Waals surface area contributed by atoms with Gasteiger partial charge in [0.15, 0.2) is 0 Å². The van der Waals surface area contributed by atoms with E-state index in [0.717, 1.165) is 41.4 Å². The molecule has 0 atom stereocenters. The van der Waals surface area contributed by atoms with Gasteiger partial charge in [-0.15, -0.1) is 0 Å². The van der Waals surface area contributed by atoms with Crippen molar-refractivity contribution in [2.45, 2.75) is 13.8 Å². The highest BCUT2D eigenvalue weighted by Gasteiger charge is 2.17. The first-order valence-corrected chi connectivity index (χ1v) is 7.53. The van der Waals surface area contributed by atoms with E-state index in [1.165, 1.54) is 0 Å². The van der Waals surface area contributed by atoms with E-state index in [0.29, 0.717) is 18.9 Å². The quantitative estimate of drug-likeness (QED) is 0.800. The van der Waals surface area contributed by atoms with E-state index in [1.807, 2.05) is 19.9 Å². The van der Waals surface area contributed by atoms with Gasteiger partial charge in [-0.2, -0.15) is 0 Å². The Labute approximate surface area is 135 Å². The van der Waals surface area contributed by atoms with Gasteiger partial charge in [0.25, 0.3) is 0 Å². The second-order valence-electron chi connectivity index (χ2n) is 5.41. The maximum Gasteiger partial charge on any atom is 0.148 e. The van der Waals surface area contributed by atoms with Crippen molar-refractivity contribution in [2.24, 2.45) is 0 Å². The van der Waals surface area contributed by atoms with Gasteiger partial charge in [0.2, 0.25) is 0 Å². The number of ether oxygens (including phenoxy) is 1. The summed E-state index contributed by atoms with van der Waals surface area (Å²) in [7, 11) is 0. The van der Waals surface area contributed by atoms with Gasteiger partial charge in [-0.05, 0) is 19.9 Å². The molecule has 23 heavy (non-hydrogen) atoms. The van der Waals surface area contributed by atoms with Crippen LogP contribution in [0.15, 0.2) is 18.6 Å². The Morgan fingerprint density at radius 1 is 1.09 bits per heavy atom. The molecule has 6 nitrogen and oxygen atoms in total. The lowest BCUT2D eigenvalue weighted by atomic mass is 10.1. The number of aryl methyl sites for hydroxylation is 2. The van der Waals surface area contributed by atoms with Crippen LogP contribution in [0.25, 0.3) is 0 Å². The Balaban J connectivity index is 1.96. The van der Waals surface area contributed by atoms with Gasteiger partial charge in [-0.1, -0.05) is 11.8 Å². The predicted octanol–water partition coefficient (Wildman–Crippen LogP) is 1.31. The van der Waals surface area contributed by atoms with Gasteiger partial charge in [0, 0.05) is 24.8 Å². The molecule has 1 aliphatic rings. The molecule has 2 aromatic heterocycles. The van der Waals surface area contributed by atoms with Crippen molar-refractivity contribution in [2.75, 3.05) is 36.9 Å². The van der Waals surface area contributed by atoms with E-state index in [-0.39, 0.29) is 0 Å². The Morgan fingerprint density at radius 3 is 2.61 bits per heavy atom. The minimum absolute atomic E-state index is 0.645. The first kappa shape index (κ1) is 15.3. The maximum atomic E-state index is 5.89. The molecule has 0 radical (unpaired) electrons. The Morgan fingerprint density at radius 2 is 1.87 bits per heavy atom. The van der Waals surface area contributed by atoms with Crippen molar-refractivity contribution in [1.82, 2.24) is 15.0 Å². The number of aromatic nitrogens is 3. The Kier molecular flexibility index (Phi) is 4.40. The van der Waals surface area contributed by atoms with Gasteiger partial charge in [-0.3, -0.25) is 4.98 Å². The number of hydrogen-bond acceptors (Lipinski definition) is 6. The fourth-order valence-corrected chi connectivity index (χ4v) is 2.38. The number of pyridine rings is 1. The Bertz CT molecular complexity index is 772. The third kappa shape index (κ3) is 3.41. The van der Waals surface area contributed by atoms with E-state index >= 15 is 0 Å². The zero-order chi connectivity index (χ0) is 16.2. The largest absolute Gasteiger partial charge is 0.397 e. The SMILES string of the molecule is Cc1ncc(C#Cc2c(C)ncnc2N2CCOCC2)cc1N. The van der Waals surface area contributed by atoms with E-state index in [9.17, 15) is 0 Å². The molecule has 6 heteroatoms. The van der Waals surface area contributed by atoms with Crippen LogP contribution in [0.5, 0.6) is 0 Å². The monoisotopic (exact) mass is 309 g/mol. The summed E-state index contributed by atoms with van der Waals surface area (Å²) in [4.78, 5) is 15.1. The average Bonchev–Trinajstić information content (AvgIpc) is 2.57. The lowest BCUT2D eigenvalue weighted by Crippen LogP contribution is -2.37. The number of rotatable bonds is 1. The van der Waals surface area contributed by atoms with Crippen molar-refractivity contribution >= 4 is 11.5 Å². The van der Waals surface area contributed by atoms with Crippen LogP contribution in [0.2, 0.25) is 0 Å². The molecule has 1 aliphatic heterocycles. The smallest absolute Gasteiger partial charge is 0.148 e. The fraction of sp³-hybridized carbons (Fsp3) is 0.353. The molecule has 2 N–H and O–H groups in total. The van der Waals surface area contributed by atoms with Crippen LogP contribution < -0.4 is 10.6 Å². The molecule has 3 rings (SSSR count). The second-order valence-corrected chi connectivity index (χ2v) is 5.41. The lowest BCUT2D eigenvalue weighted by Gasteiger charge is -2.28. The maximum absolute atomic E-state index is 5.89. The summed E-state index contributed by atoms with van der Waals surface area (Å²) in [6, 6.07) is 1.84. The van der Waals surface area contributed by atoms with Crippen LogP contribution in [0.1, 0.15) is 22.5 Å². The van der Waals surface area contributed by atoms with Gasteiger partial charge >= 0.3 is 0 Å². The van der Waals surface area contributed by atoms with Gasteiger partial charge < -0.3 is 15.4 Å². The summed E-state index contributed by atoms with van der Waals surface area (Å²) in [6.45, 7) is 6.84. The topological polar surface area (TPSA) is 77.2 Å². The summed E-state index contributed by atoms with van der Waals surface area (Å²) < 4.78 is 5.40. The zero-order valence-corrected chi connectivity index (χ0v) is 13.3. The first-order valence-electron chi connectivity index (χ1n) is 7.53. The third-order valence-electron chi connectivity index (χ3n) is 3.79. The van der Waals surface area contributed by atoms with Crippen LogP contribution >= 0.6 is 0 Å². The number of nitrogens with zero attached hydrogens (tertiary/aromatic N) is 4. The summed E-state index contributed by atoms with van der Waals surface area (Å²) >= 11 is 0. The van der Waals surface area contributed by atoms with Crippen LogP contribution in [0, 0.1) is 25.7 Å². The third-order valence-corrected chi connectivity index (χ3v) is 3.79. The molecule has 0 saturated carbocycles. The molecule has 0 bridgehead atoms. The molecule has 3 heterocycles. The summed E-state index contributed by atoms with van der Waals surface area (Å²) in [5, 5.41) is 0. The van der Waals surface area contributed by atoms with E-state index in [1.54, 1.807) is 12.5 Å². The summed E-state index contributed by atoms with van der Waals surface area (Å²) in [5.41, 5.74) is 9.83. The first-order chi connectivity index (χ1) is 11.1. The highest BCUT2D eigenvalue weighted by Crippen LogP contribution is 2.20. The number of nitrogen functional groups attached to an aromatic ring is 1. The van der Waals surface area contributed by atoms with Crippen molar-refractivity contribution in [1.29, 1.82) is 0 Å². The van der Waals surface area contributed by atoms with Crippen LogP contribution in [-0.4, -0.2) is 41.3 Å². The van der Waals surface area contributed by atoms with E-state index in [2.05, 4.69) is 31.7 Å². The van der Waals surface area contributed by atoms with Crippen molar-refractivity contribution in [3.63, 3.8) is 0 Å². The van der Waals surface area contributed by atoms with Crippen LogP contribution in [-0.2, 0) is 4.74 Å². The van der Waals surface area contributed by atoms with Crippen molar-refractivity contribution < 1.29 is 4.74 Å². The molecule has 118 valence electrons. The summed E-state index contributed by atoms with van der Waals surface area (Å²) in [5.74, 6) is 7.17. The molecule has 2 aromatic rings. The molecule has 0 spiro atoms. The highest BCUT2D eigenvalue weighted by atomic mass is 16.5. The summed E-state index contributed by atoms with van der Waals surface area (Å²) in [6.07, 6.45) is 3.31. The van der Waals surface area contributed by atoms with Crippen LogP contribution in [0.4, 0.5) is 11.5 Å². The van der Waals surface area contributed by atoms with Crippen molar-refractivity contribution in [3.05, 3.63) is 41.1 Å².